The highest BCUT2D eigenvalue weighted by atomic mass is 32.2. The van der Waals surface area contributed by atoms with Gasteiger partial charge in [0.15, 0.2) is 6.61 Å². The predicted molar refractivity (Wildman–Crippen MR) is 79.4 cm³/mol. The molecule has 114 valence electrons. The number of hydrogen-bond acceptors (Lipinski definition) is 4. The van der Waals surface area contributed by atoms with Crippen molar-refractivity contribution in [1.82, 2.24) is 9.71 Å². The Balaban J connectivity index is 2.66. The van der Waals surface area contributed by atoms with Gasteiger partial charge >= 0.3 is 0 Å². The highest BCUT2D eigenvalue weighted by molar-refractivity contribution is 7.98. The van der Waals surface area contributed by atoms with Gasteiger partial charge in [-0.1, -0.05) is 11.9 Å². The summed E-state index contributed by atoms with van der Waals surface area (Å²) in [6.45, 7) is 9.60. The standard InChI is InChI=1S/C14H22F2N2OS/c1-9-6-11(10(2)18-20-14(3,4)5)7-17-13(9)19-8-12(15)16/h6-7,10,12,18H,8H2,1-5H3. The molecule has 20 heavy (non-hydrogen) atoms. The van der Waals surface area contributed by atoms with Gasteiger partial charge in [0.25, 0.3) is 6.43 Å². The first-order valence-electron chi connectivity index (χ1n) is 6.50. The van der Waals surface area contributed by atoms with Crippen molar-refractivity contribution in [2.75, 3.05) is 6.61 Å². The summed E-state index contributed by atoms with van der Waals surface area (Å²) >= 11 is 1.65. The van der Waals surface area contributed by atoms with Gasteiger partial charge in [0.2, 0.25) is 5.88 Å². The molecular formula is C14H22F2N2OS. The van der Waals surface area contributed by atoms with Crippen molar-refractivity contribution in [3.63, 3.8) is 0 Å². The molecule has 0 aliphatic heterocycles. The molecule has 0 saturated carbocycles. The quantitative estimate of drug-likeness (QED) is 0.801. The number of aryl methyl sites for hydroxylation is 1. The van der Waals surface area contributed by atoms with Crippen molar-refractivity contribution in [2.24, 2.45) is 0 Å². The molecule has 1 aromatic rings. The Bertz CT molecular complexity index is 436. The molecule has 0 spiro atoms. The van der Waals surface area contributed by atoms with Crippen LogP contribution in [0, 0.1) is 6.92 Å². The molecule has 0 aliphatic carbocycles. The Hall–Kier alpha value is -0.880. The van der Waals surface area contributed by atoms with Crippen LogP contribution < -0.4 is 9.46 Å². The van der Waals surface area contributed by atoms with Gasteiger partial charge in [-0.05, 0) is 46.2 Å². The van der Waals surface area contributed by atoms with Crippen LogP contribution in [0.15, 0.2) is 12.3 Å². The Kier molecular flexibility index (Phi) is 6.20. The van der Waals surface area contributed by atoms with E-state index in [1.54, 1.807) is 25.1 Å². The van der Waals surface area contributed by atoms with Crippen LogP contribution in [0.2, 0.25) is 0 Å². The van der Waals surface area contributed by atoms with Crippen LogP contribution in [0.5, 0.6) is 5.88 Å². The average molecular weight is 304 g/mol. The lowest BCUT2D eigenvalue weighted by atomic mass is 10.1. The van der Waals surface area contributed by atoms with Crippen molar-refractivity contribution < 1.29 is 13.5 Å². The van der Waals surface area contributed by atoms with Crippen molar-refractivity contribution in [1.29, 1.82) is 0 Å². The fraction of sp³-hybridized carbons (Fsp3) is 0.643. The van der Waals surface area contributed by atoms with E-state index in [2.05, 4.69) is 30.5 Å². The first kappa shape index (κ1) is 17.2. The molecule has 0 amide bonds. The summed E-state index contributed by atoms with van der Waals surface area (Å²) < 4.78 is 32.6. The zero-order valence-corrected chi connectivity index (χ0v) is 13.4. The fourth-order valence-corrected chi connectivity index (χ4v) is 2.11. The van der Waals surface area contributed by atoms with Gasteiger partial charge < -0.3 is 4.74 Å². The minimum absolute atomic E-state index is 0.120. The molecule has 0 aliphatic rings. The van der Waals surface area contributed by atoms with E-state index in [0.29, 0.717) is 0 Å². The second kappa shape index (κ2) is 7.22. The number of nitrogens with zero attached hydrogens (tertiary/aromatic N) is 1. The van der Waals surface area contributed by atoms with Crippen LogP contribution in [-0.4, -0.2) is 22.8 Å². The van der Waals surface area contributed by atoms with Crippen molar-refractivity contribution >= 4 is 11.9 Å². The van der Waals surface area contributed by atoms with E-state index >= 15 is 0 Å². The smallest absolute Gasteiger partial charge is 0.272 e. The first-order chi connectivity index (χ1) is 9.19. The molecule has 0 saturated heterocycles. The normalized spacial score (nSPS) is 13.6. The van der Waals surface area contributed by atoms with Crippen LogP contribution in [0.1, 0.15) is 44.9 Å². The summed E-state index contributed by atoms with van der Waals surface area (Å²) in [5.74, 6) is 0.268. The van der Waals surface area contributed by atoms with Crippen LogP contribution in [0.3, 0.4) is 0 Å². The summed E-state index contributed by atoms with van der Waals surface area (Å²) in [4.78, 5) is 4.11. The largest absolute Gasteiger partial charge is 0.471 e. The van der Waals surface area contributed by atoms with Gasteiger partial charge in [-0.2, -0.15) is 0 Å². The summed E-state index contributed by atoms with van der Waals surface area (Å²) in [5.41, 5.74) is 1.77. The highest BCUT2D eigenvalue weighted by Crippen LogP contribution is 2.26. The van der Waals surface area contributed by atoms with Gasteiger partial charge in [0.1, 0.15) is 0 Å². The number of nitrogens with one attached hydrogen (secondary N) is 1. The van der Waals surface area contributed by atoms with Crippen LogP contribution >= 0.6 is 11.9 Å². The zero-order valence-electron chi connectivity index (χ0n) is 12.5. The number of rotatable bonds is 6. The molecule has 1 unspecified atom stereocenters. The SMILES string of the molecule is Cc1cc(C(C)NSC(C)(C)C)cnc1OCC(F)F. The average Bonchev–Trinajstić information content (AvgIpc) is 2.33. The third-order valence-corrected chi connectivity index (χ3v) is 3.52. The van der Waals surface area contributed by atoms with Crippen LogP contribution in [0.25, 0.3) is 0 Å². The summed E-state index contributed by atoms with van der Waals surface area (Å²) in [6, 6.07) is 2.03. The molecule has 0 radical (unpaired) electrons. The molecule has 0 bridgehead atoms. The van der Waals surface area contributed by atoms with Gasteiger partial charge in [-0.15, -0.1) is 0 Å². The maximum absolute atomic E-state index is 12.1. The molecular weight excluding hydrogens is 282 g/mol. The predicted octanol–water partition coefficient (Wildman–Crippen LogP) is 4.13. The molecule has 3 nitrogen and oxygen atoms in total. The Morgan fingerprint density at radius 2 is 2.05 bits per heavy atom. The van der Waals surface area contributed by atoms with Crippen molar-refractivity contribution in [3.05, 3.63) is 23.4 Å². The summed E-state index contributed by atoms with van der Waals surface area (Å²) in [5, 5.41) is 0. The molecule has 1 atom stereocenters. The maximum atomic E-state index is 12.1. The van der Waals surface area contributed by atoms with E-state index in [9.17, 15) is 8.78 Å². The van der Waals surface area contributed by atoms with E-state index in [-0.39, 0.29) is 16.7 Å². The third-order valence-electron chi connectivity index (χ3n) is 2.44. The van der Waals surface area contributed by atoms with E-state index in [1.165, 1.54) is 0 Å². The zero-order chi connectivity index (χ0) is 15.3. The number of aromatic nitrogens is 1. The van der Waals surface area contributed by atoms with Gasteiger partial charge in [-0.25, -0.2) is 13.8 Å². The van der Waals surface area contributed by atoms with Crippen LogP contribution in [-0.2, 0) is 0 Å². The summed E-state index contributed by atoms with van der Waals surface area (Å²) in [7, 11) is 0. The molecule has 1 heterocycles. The Morgan fingerprint density at radius 1 is 1.40 bits per heavy atom. The highest BCUT2D eigenvalue weighted by Gasteiger charge is 2.15. The number of pyridine rings is 1. The second-order valence-electron chi connectivity index (χ2n) is 5.65. The van der Waals surface area contributed by atoms with Crippen molar-refractivity contribution in [3.8, 4) is 5.88 Å². The van der Waals surface area contributed by atoms with Gasteiger partial charge in [-0.3, -0.25) is 4.72 Å². The molecule has 1 aromatic heterocycles. The Morgan fingerprint density at radius 3 is 2.55 bits per heavy atom. The van der Waals surface area contributed by atoms with E-state index in [0.717, 1.165) is 11.1 Å². The number of hydrogen-bond donors (Lipinski definition) is 1. The lowest BCUT2D eigenvalue weighted by Crippen LogP contribution is -2.20. The topological polar surface area (TPSA) is 34.2 Å². The molecule has 1 rings (SSSR count). The number of halogens is 2. The van der Waals surface area contributed by atoms with E-state index in [1.807, 2.05) is 13.0 Å². The molecule has 6 heteroatoms. The van der Waals surface area contributed by atoms with Gasteiger partial charge in [0, 0.05) is 22.5 Å². The number of alkyl halides is 2. The second-order valence-corrected chi connectivity index (χ2v) is 7.31. The molecule has 1 N–H and O–H groups in total. The van der Waals surface area contributed by atoms with E-state index in [4.69, 9.17) is 4.74 Å². The lowest BCUT2D eigenvalue weighted by molar-refractivity contribution is 0.0792. The summed E-state index contributed by atoms with van der Waals surface area (Å²) in [6.07, 6.45) is -0.825. The minimum atomic E-state index is -2.49. The fourth-order valence-electron chi connectivity index (χ4n) is 1.45. The maximum Gasteiger partial charge on any atom is 0.272 e. The number of ether oxygens (including phenoxy) is 1. The lowest BCUT2D eigenvalue weighted by Gasteiger charge is -2.22. The third kappa shape index (κ3) is 6.05. The van der Waals surface area contributed by atoms with Crippen LogP contribution in [0.4, 0.5) is 8.78 Å². The monoisotopic (exact) mass is 304 g/mol. The van der Waals surface area contributed by atoms with Gasteiger partial charge in [0.05, 0.1) is 0 Å². The van der Waals surface area contributed by atoms with E-state index < -0.39 is 13.0 Å². The van der Waals surface area contributed by atoms with Crippen molar-refractivity contribution in [2.45, 2.75) is 51.8 Å². The minimum Gasteiger partial charge on any atom is -0.471 e. The molecule has 0 fully saturated rings. The Labute approximate surface area is 123 Å². The first-order valence-corrected chi connectivity index (χ1v) is 7.31. The molecule has 0 aromatic carbocycles.